The number of para-hydroxylation sites is 2. The molecule has 0 spiro atoms. The van der Waals surface area contributed by atoms with E-state index in [2.05, 4.69) is 22.3 Å². The van der Waals surface area contributed by atoms with Gasteiger partial charge in [0, 0.05) is 38.3 Å². The van der Waals surface area contributed by atoms with E-state index in [-0.39, 0.29) is 11.8 Å². The van der Waals surface area contributed by atoms with Crippen molar-refractivity contribution in [1.29, 1.82) is 0 Å². The molecule has 5 nitrogen and oxygen atoms in total. The molecule has 2 amide bonds. The van der Waals surface area contributed by atoms with Crippen LogP contribution in [-0.4, -0.2) is 42.9 Å². The van der Waals surface area contributed by atoms with Crippen LogP contribution in [-0.2, 0) is 4.79 Å². The number of anilines is 2. The number of piperazine rings is 1. The van der Waals surface area contributed by atoms with Crippen LogP contribution in [0.4, 0.5) is 11.4 Å². The van der Waals surface area contributed by atoms with Gasteiger partial charge in [-0.1, -0.05) is 37.3 Å². The van der Waals surface area contributed by atoms with Crippen molar-refractivity contribution in [3.05, 3.63) is 60.2 Å². The predicted octanol–water partition coefficient (Wildman–Crippen LogP) is 3.39. The Morgan fingerprint density at radius 3 is 2.27 bits per heavy atom. The van der Waals surface area contributed by atoms with Gasteiger partial charge in [0.25, 0.3) is 5.91 Å². The van der Waals surface area contributed by atoms with Gasteiger partial charge in [0.1, 0.15) is 0 Å². The molecule has 0 atom stereocenters. The van der Waals surface area contributed by atoms with Crippen molar-refractivity contribution in [1.82, 2.24) is 4.90 Å². The van der Waals surface area contributed by atoms with Crippen molar-refractivity contribution in [2.75, 3.05) is 36.4 Å². The molecule has 1 saturated heterocycles. The van der Waals surface area contributed by atoms with Gasteiger partial charge in [-0.3, -0.25) is 9.59 Å². The van der Waals surface area contributed by atoms with E-state index < -0.39 is 0 Å². The van der Waals surface area contributed by atoms with Crippen LogP contribution in [0.25, 0.3) is 0 Å². The molecule has 0 bridgehead atoms. The second-order valence-electron chi connectivity index (χ2n) is 6.46. The van der Waals surface area contributed by atoms with Crippen molar-refractivity contribution in [3.63, 3.8) is 0 Å². The molecule has 5 heteroatoms. The lowest BCUT2D eigenvalue weighted by atomic mass is 10.1. The Balaban J connectivity index is 1.66. The standard InChI is InChI=1S/C21H25N3O2/c1-2-8-20(25)22-19-12-7-6-11-18(19)21(26)24-15-13-23(14-16-24)17-9-4-3-5-10-17/h3-7,9-12H,2,8,13-16H2,1H3,(H,22,25). The van der Waals surface area contributed by atoms with Crippen LogP contribution in [0.2, 0.25) is 0 Å². The minimum Gasteiger partial charge on any atom is -0.368 e. The fourth-order valence-corrected chi connectivity index (χ4v) is 3.20. The highest BCUT2D eigenvalue weighted by Crippen LogP contribution is 2.20. The summed E-state index contributed by atoms with van der Waals surface area (Å²) in [5.74, 6) is -0.0771. The maximum atomic E-state index is 13.0. The molecule has 26 heavy (non-hydrogen) atoms. The fraction of sp³-hybridized carbons (Fsp3) is 0.333. The zero-order valence-electron chi connectivity index (χ0n) is 15.1. The van der Waals surface area contributed by atoms with Gasteiger partial charge < -0.3 is 15.1 Å². The molecule has 0 aromatic heterocycles. The Hall–Kier alpha value is -2.82. The third-order valence-corrected chi connectivity index (χ3v) is 4.60. The normalized spacial score (nSPS) is 14.2. The second-order valence-corrected chi connectivity index (χ2v) is 6.46. The van der Waals surface area contributed by atoms with E-state index in [0.717, 1.165) is 19.5 Å². The van der Waals surface area contributed by atoms with Crippen molar-refractivity contribution >= 4 is 23.2 Å². The lowest BCUT2D eigenvalue weighted by molar-refractivity contribution is -0.116. The summed E-state index contributed by atoms with van der Waals surface area (Å²) < 4.78 is 0. The van der Waals surface area contributed by atoms with Crippen LogP contribution < -0.4 is 10.2 Å². The first-order chi connectivity index (χ1) is 12.7. The first-order valence-corrected chi connectivity index (χ1v) is 9.17. The molecule has 0 radical (unpaired) electrons. The van der Waals surface area contributed by atoms with Crippen LogP contribution in [0.5, 0.6) is 0 Å². The summed E-state index contributed by atoms with van der Waals surface area (Å²) in [5, 5.41) is 2.87. The average Bonchev–Trinajstić information content (AvgIpc) is 2.69. The van der Waals surface area contributed by atoms with Gasteiger partial charge in [0.15, 0.2) is 0 Å². The van der Waals surface area contributed by atoms with E-state index in [4.69, 9.17) is 0 Å². The number of carbonyl (C=O) groups excluding carboxylic acids is 2. The van der Waals surface area contributed by atoms with E-state index in [9.17, 15) is 9.59 Å². The number of benzene rings is 2. The first-order valence-electron chi connectivity index (χ1n) is 9.17. The molecule has 1 N–H and O–H groups in total. The largest absolute Gasteiger partial charge is 0.368 e. The first kappa shape index (κ1) is 18.0. The van der Waals surface area contributed by atoms with E-state index in [1.807, 2.05) is 42.2 Å². The lowest BCUT2D eigenvalue weighted by Crippen LogP contribution is -2.48. The highest BCUT2D eigenvalue weighted by Gasteiger charge is 2.24. The Morgan fingerprint density at radius 2 is 1.58 bits per heavy atom. The zero-order valence-corrected chi connectivity index (χ0v) is 15.1. The zero-order chi connectivity index (χ0) is 18.4. The Labute approximate surface area is 154 Å². The molecule has 3 rings (SSSR count). The summed E-state index contributed by atoms with van der Waals surface area (Å²) in [6.07, 6.45) is 1.24. The maximum absolute atomic E-state index is 13.0. The fourth-order valence-electron chi connectivity index (χ4n) is 3.20. The monoisotopic (exact) mass is 351 g/mol. The van der Waals surface area contributed by atoms with Crippen LogP contribution >= 0.6 is 0 Å². The smallest absolute Gasteiger partial charge is 0.256 e. The third-order valence-electron chi connectivity index (χ3n) is 4.60. The molecule has 0 aliphatic carbocycles. The molecule has 1 aliphatic heterocycles. The summed E-state index contributed by atoms with van der Waals surface area (Å²) in [4.78, 5) is 29.0. The van der Waals surface area contributed by atoms with Crippen LogP contribution in [0, 0.1) is 0 Å². The average molecular weight is 351 g/mol. The van der Waals surface area contributed by atoms with Gasteiger partial charge in [0.05, 0.1) is 11.3 Å². The molecule has 1 fully saturated rings. The molecule has 2 aromatic rings. The summed E-state index contributed by atoms with van der Waals surface area (Å²) in [6, 6.07) is 17.5. The Bertz CT molecular complexity index is 753. The number of amides is 2. The topological polar surface area (TPSA) is 52.7 Å². The number of nitrogens with zero attached hydrogens (tertiary/aromatic N) is 2. The SMILES string of the molecule is CCCC(=O)Nc1ccccc1C(=O)N1CCN(c2ccccc2)CC1. The van der Waals surface area contributed by atoms with Crippen molar-refractivity contribution in [2.24, 2.45) is 0 Å². The van der Waals surface area contributed by atoms with Gasteiger partial charge in [0.2, 0.25) is 5.91 Å². The van der Waals surface area contributed by atoms with Crippen LogP contribution in [0.1, 0.15) is 30.1 Å². The molecule has 136 valence electrons. The van der Waals surface area contributed by atoms with Crippen LogP contribution in [0.15, 0.2) is 54.6 Å². The van der Waals surface area contributed by atoms with Crippen molar-refractivity contribution in [2.45, 2.75) is 19.8 Å². The molecular weight excluding hydrogens is 326 g/mol. The van der Waals surface area contributed by atoms with Gasteiger partial charge in [-0.25, -0.2) is 0 Å². The molecule has 0 unspecified atom stereocenters. The van der Waals surface area contributed by atoms with Gasteiger partial charge in [-0.15, -0.1) is 0 Å². The summed E-state index contributed by atoms with van der Waals surface area (Å²) >= 11 is 0. The van der Waals surface area contributed by atoms with Gasteiger partial charge in [-0.2, -0.15) is 0 Å². The maximum Gasteiger partial charge on any atom is 0.256 e. The lowest BCUT2D eigenvalue weighted by Gasteiger charge is -2.36. The second kappa shape index (κ2) is 8.52. The van der Waals surface area contributed by atoms with E-state index in [1.165, 1.54) is 5.69 Å². The summed E-state index contributed by atoms with van der Waals surface area (Å²) in [5.41, 5.74) is 2.35. The highest BCUT2D eigenvalue weighted by atomic mass is 16.2. The van der Waals surface area contributed by atoms with Crippen molar-refractivity contribution in [3.8, 4) is 0 Å². The van der Waals surface area contributed by atoms with Crippen LogP contribution in [0.3, 0.4) is 0 Å². The van der Waals surface area contributed by atoms with Gasteiger partial charge >= 0.3 is 0 Å². The number of rotatable bonds is 5. The molecule has 2 aromatic carbocycles. The Kier molecular flexibility index (Phi) is 5.89. The quantitative estimate of drug-likeness (QED) is 0.898. The third kappa shape index (κ3) is 4.23. The minimum absolute atomic E-state index is 0.0230. The molecule has 1 heterocycles. The molecular formula is C21H25N3O2. The Morgan fingerprint density at radius 1 is 0.923 bits per heavy atom. The van der Waals surface area contributed by atoms with Gasteiger partial charge in [-0.05, 0) is 30.7 Å². The van der Waals surface area contributed by atoms with E-state index in [0.29, 0.717) is 30.8 Å². The van der Waals surface area contributed by atoms with Crippen molar-refractivity contribution < 1.29 is 9.59 Å². The summed E-state index contributed by atoms with van der Waals surface area (Å²) in [7, 11) is 0. The molecule has 1 aliphatic rings. The molecule has 0 saturated carbocycles. The number of hydrogen-bond donors (Lipinski definition) is 1. The minimum atomic E-state index is -0.0540. The summed E-state index contributed by atoms with van der Waals surface area (Å²) in [6.45, 7) is 4.92. The van der Waals surface area contributed by atoms with E-state index >= 15 is 0 Å². The number of nitrogens with one attached hydrogen (secondary N) is 1. The predicted molar refractivity (Wildman–Crippen MR) is 105 cm³/mol. The highest BCUT2D eigenvalue weighted by molar-refractivity contribution is 6.03. The number of carbonyl (C=O) groups is 2. The van der Waals surface area contributed by atoms with E-state index in [1.54, 1.807) is 12.1 Å². The number of hydrogen-bond acceptors (Lipinski definition) is 3.